The minimum absolute atomic E-state index is 0.451. The van der Waals surface area contributed by atoms with E-state index in [1.807, 2.05) is 18.2 Å². The number of nitrogens with zero attached hydrogens (tertiary/aromatic N) is 2. The van der Waals surface area contributed by atoms with Crippen molar-refractivity contribution in [3.8, 4) is 11.5 Å². The molecule has 0 atom stereocenters. The zero-order valence-electron chi connectivity index (χ0n) is 11.4. The number of hydrogen-bond donors (Lipinski definition) is 0. The van der Waals surface area contributed by atoms with Crippen LogP contribution in [-0.4, -0.2) is 10.2 Å². The maximum absolute atomic E-state index is 6.12. The van der Waals surface area contributed by atoms with Gasteiger partial charge in [-0.2, -0.15) is 0 Å². The Kier molecular flexibility index (Phi) is 4.27. The van der Waals surface area contributed by atoms with Gasteiger partial charge in [0.05, 0.1) is 10.6 Å². The third-order valence-corrected chi connectivity index (χ3v) is 4.21. The summed E-state index contributed by atoms with van der Waals surface area (Å²) in [6.45, 7) is 2.07. The highest BCUT2D eigenvalue weighted by Gasteiger charge is 2.11. The zero-order valence-corrected chi connectivity index (χ0v) is 13.0. The molecule has 0 amide bonds. The normalized spacial score (nSPS) is 10.8. The van der Waals surface area contributed by atoms with Gasteiger partial charge in [-0.3, -0.25) is 0 Å². The van der Waals surface area contributed by atoms with Crippen molar-refractivity contribution in [3.63, 3.8) is 0 Å². The first-order valence-corrected chi connectivity index (χ1v) is 7.85. The Morgan fingerprint density at radius 1 is 1.05 bits per heavy atom. The Morgan fingerprint density at radius 2 is 1.81 bits per heavy atom. The van der Waals surface area contributed by atoms with Crippen molar-refractivity contribution >= 4 is 23.4 Å². The molecular formula is C16H13ClN2OS. The highest BCUT2D eigenvalue weighted by molar-refractivity contribution is 7.98. The van der Waals surface area contributed by atoms with E-state index in [1.165, 1.54) is 22.9 Å². The Hall–Kier alpha value is -1.78. The van der Waals surface area contributed by atoms with Crippen LogP contribution in [0.4, 0.5) is 0 Å². The molecule has 106 valence electrons. The largest absolute Gasteiger partial charge is 0.411 e. The van der Waals surface area contributed by atoms with Gasteiger partial charge >= 0.3 is 0 Å². The summed E-state index contributed by atoms with van der Waals surface area (Å²) in [7, 11) is 0. The molecule has 1 heterocycles. The molecule has 0 aliphatic carbocycles. The summed E-state index contributed by atoms with van der Waals surface area (Å²) in [6.07, 6.45) is 0. The lowest BCUT2D eigenvalue weighted by atomic mass is 10.2. The van der Waals surface area contributed by atoms with Crippen LogP contribution in [0.25, 0.3) is 11.5 Å². The lowest BCUT2D eigenvalue weighted by Crippen LogP contribution is -1.81. The van der Waals surface area contributed by atoms with Crippen molar-refractivity contribution in [3.05, 3.63) is 64.7 Å². The summed E-state index contributed by atoms with van der Waals surface area (Å²) >= 11 is 7.64. The van der Waals surface area contributed by atoms with Crippen LogP contribution < -0.4 is 0 Å². The van der Waals surface area contributed by atoms with Crippen molar-refractivity contribution < 1.29 is 4.42 Å². The van der Waals surface area contributed by atoms with E-state index in [0.29, 0.717) is 16.1 Å². The van der Waals surface area contributed by atoms with Crippen LogP contribution in [0.2, 0.25) is 5.02 Å². The van der Waals surface area contributed by atoms with Gasteiger partial charge in [0, 0.05) is 5.75 Å². The molecule has 0 radical (unpaired) electrons. The van der Waals surface area contributed by atoms with Crippen LogP contribution in [0.3, 0.4) is 0 Å². The smallest absolute Gasteiger partial charge is 0.277 e. The second kappa shape index (κ2) is 6.33. The maximum atomic E-state index is 6.12. The topological polar surface area (TPSA) is 38.9 Å². The fourth-order valence-electron chi connectivity index (χ4n) is 1.84. The van der Waals surface area contributed by atoms with Gasteiger partial charge in [-0.1, -0.05) is 65.3 Å². The summed E-state index contributed by atoms with van der Waals surface area (Å²) in [5.41, 5.74) is 3.24. The minimum Gasteiger partial charge on any atom is -0.411 e. The van der Waals surface area contributed by atoms with Gasteiger partial charge in [0.2, 0.25) is 5.89 Å². The van der Waals surface area contributed by atoms with E-state index >= 15 is 0 Å². The first-order valence-electron chi connectivity index (χ1n) is 6.49. The standard InChI is InChI=1S/C16H13ClN2OS/c1-11-6-8-12(9-7-11)10-21-16-19-18-15(20-16)13-4-2-3-5-14(13)17/h2-9H,10H2,1H3. The molecule has 0 bridgehead atoms. The number of benzene rings is 2. The number of rotatable bonds is 4. The molecule has 0 fully saturated rings. The molecular weight excluding hydrogens is 304 g/mol. The quantitative estimate of drug-likeness (QED) is 0.636. The van der Waals surface area contributed by atoms with Crippen LogP contribution in [0.5, 0.6) is 0 Å². The molecule has 3 aromatic rings. The van der Waals surface area contributed by atoms with Gasteiger partial charge in [0.15, 0.2) is 0 Å². The highest BCUT2D eigenvalue weighted by atomic mass is 35.5. The van der Waals surface area contributed by atoms with Gasteiger partial charge in [0.1, 0.15) is 0 Å². The van der Waals surface area contributed by atoms with E-state index in [1.54, 1.807) is 6.07 Å². The van der Waals surface area contributed by atoms with Crippen molar-refractivity contribution in [2.45, 2.75) is 17.9 Å². The monoisotopic (exact) mass is 316 g/mol. The fraction of sp³-hybridized carbons (Fsp3) is 0.125. The average Bonchev–Trinajstić information content (AvgIpc) is 2.96. The second-order valence-corrected chi connectivity index (χ2v) is 5.96. The van der Waals surface area contributed by atoms with Crippen LogP contribution in [0, 0.1) is 6.92 Å². The number of thioether (sulfide) groups is 1. The van der Waals surface area contributed by atoms with Gasteiger partial charge in [0.25, 0.3) is 5.22 Å². The number of hydrogen-bond acceptors (Lipinski definition) is 4. The van der Waals surface area contributed by atoms with Crippen LogP contribution in [0.15, 0.2) is 58.2 Å². The Balaban J connectivity index is 1.71. The zero-order chi connectivity index (χ0) is 14.7. The summed E-state index contributed by atoms with van der Waals surface area (Å²) in [5, 5.41) is 9.26. The molecule has 1 aromatic heterocycles. The van der Waals surface area contributed by atoms with Crippen LogP contribution in [-0.2, 0) is 5.75 Å². The molecule has 0 aliphatic heterocycles. The first kappa shape index (κ1) is 14.2. The van der Waals surface area contributed by atoms with Crippen molar-refractivity contribution in [2.24, 2.45) is 0 Å². The highest BCUT2D eigenvalue weighted by Crippen LogP contribution is 2.29. The van der Waals surface area contributed by atoms with E-state index < -0.39 is 0 Å². The molecule has 3 nitrogen and oxygen atoms in total. The molecule has 0 saturated carbocycles. The number of aromatic nitrogens is 2. The van der Waals surface area contributed by atoms with Gasteiger partial charge in [-0.15, -0.1) is 10.2 Å². The van der Waals surface area contributed by atoms with Gasteiger partial charge < -0.3 is 4.42 Å². The van der Waals surface area contributed by atoms with E-state index in [0.717, 1.165) is 11.3 Å². The second-order valence-electron chi connectivity index (χ2n) is 4.63. The molecule has 0 aliphatic rings. The molecule has 21 heavy (non-hydrogen) atoms. The lowest BCUT2D eigenvalue weighted by molar-refractivity contribution is 0.466. The molecule has 3 rings (SSSR count). The summed E-state index contributed by atoms with van der Waals surface area (Å²) < 4.78 is 5.65. The fourth-order valence-corrected chi connectivity index (χ4v) is 2.78. The predicted molar refractivity (Wildman–Crippen MR) is 85.5 cm³/mol. The van der Waals surface area contributed by atoms with Crippen molar-refractivity contribution in [1.29, 1.82) is 0 Å². The molecule has 2 aromatic carbocycles. The predicted octanol–water partition coefficient (Wildman–Crippen LogP) is 4.99. The Bertz CT molecular complexity index is 740. The van der Waals surface area contributed by atoms with Gasteiger partial charge in [-0.25, -0.2) is 0 Å². The minimum atomic E-state index is 0.451. The van der Waals surface area contributed by atoms with Crippen molar-refractivity contribution in [1.82, 2.24) is 10.2 Å². The lowest BCUT2D eigenvalue weighted by Gasteiger charge is -1.99. The Morgan fingerprint density at radius 3 is 2.57 bits per heavy atom. The average molecular weight is 317 g/mol. The number of halogens is 1. The summed E-state index contributed by atoms with van der Waals surface area (Å²) in [4.78, 5) is 0. The third kappa shape index (κ3) is 3.46. The summed E-state index contributed by atoms with van der Waals surface area (Å²) in [6, 6.07) is 15.8. The van der Waals surface area contributed by atoms with Crippen LogP contribution in [0.1, 0.15) is 11.1 Å². The molecule has 0 N–H and O–H groups in total. The molecule has 0 unspecified atom stereocenters. The number of aryl methyl sites for hydroxylation is 1. The van der Waals surface area contributed by atoms with E-state index in [-0.39, 0.29) is 0 Å². The SMILES string of the molecule is Cc1ccc(CSc2nnc(-c3ccccc3Cl)o2)cc1. The van der Waals surface area contributed by atoms with Gasteiger partial charge in [-0.05, 0) is 24.6 Å². The molecule has 0 spiro atoms. The maximum Gasteiger partial charge on any atom is 0.277 e. The first-order chi connectivity index (χ1) is 10.2. The Labute approximate surface area is 132 Å². The molecule has 5 heteroatoms. The van der Waals surface area contributed by atoms with Crippen molar-refractivity contribution in [2.75, 3.05) is 0 Å². The third-order valence-electron chi connectivity index (χ3n) is 2.99. The van der Waals surface area contributed by atoms with E-state index in [2.05, 4.69) is 41.4 Å². The van der Waals surface area contributed by atoms with E-state index in [9.17, 15) is 0 Å². The summed E-state index contributed by atoms with van der Waals surface area (Å²) in [5.74, 6) is 1.25. The van der Waals surface area contributed by atoms with E-state index in [4.69, 9.17) is 16.0 Å². The molecule has 0 saturated heterocycles. The van der Waals surface area contributed by atoms with Crippen LogP contribution >= 0.6 is 23.4 Å².